The number of carbonyl (C=O) groups is 4. The Morgan fingerprint density at radius 1 is 0.611 bits per heavy atom. The second kappa shape index (κ2) is 13.2. The highest BCUT2D eigenvalue weighted by atomic mass is 16.6. The largest absolute Gasteiger partial charge is 0.462 e. The van der Waals surface area contributed by atoms with Gasteiger partial charge in [0, 0.05) is 0 Å². The van der Waals surface area contributed by atoms with Crippen LogP contribution in [0.25, 0.3) is 0 Å². The molecule has 0 aromatic rings. The molecule has 9 atom stereocenters. The fourth-order valence-corrected chi connectivity index (χ4v) is 6.64. The van der Waals surface area contributed by atoms with Crippen molar-refractivity contribution in [2.45, 2.75) is 113 Å². The van der Waals surface area contributed by atoms with Crippen molar-refractivity contribution < 1.29 is 28.7 Å². The van der Waals surface area contributed by atoms with Crippen LogP contribution in [0.3, 0.4) is 0 Å². The lowest BCUT2D eigenvalue weighted by Crippen LogP contribution is -2.45. The number of ether oxygens (including phenoxy) is 2. The fraction of sp³-hybridized carbons (Fsp3) is 0.867. The lowest BCUT2D eigenvalue weighted by atomic mass is 9.74. The zero-order valence-electron chi connectivity index (χ0n) is 24.0. The molecule has 0 spiro atoms. The summed E-state index contributed by atoms with van der Waals surface area (Å²) < 4.78 is 12.0. The predicted octanol–water partition coefficient (Wildman–Crippen LogP) is 6.04. The van der Waals surface area contributed by atoms with Gasteiger partial charge in [0.25, 0.3) is 0 Å². The van der Waals surface area contributed by atoms with Crippen molar-refractivity contribution in [3.8, 4) is 0 Å². The Balaban J connectivity index is 2.22. The van der Waals surface area contributed by atoms with E-state index in [1.165, 1.54) is 13.8 Å². The van der Waals surface area contributed by atoms with Crippen LogP contribution in [0.2, 0.25) is 0 Å². The van der Waals surface area contributed by atoms with Crippen molar-refractivity contribution in [3.05, 3.63) is 0 Å². The summed E-state index contributed by atoms with van der Waals surface area (Å²) >= 11 is 0. The van der Waals surface area contributed by atoms with E-state index in [1.807, 2.05) is 0 Å². The van der Waals surface area contributed by atoms with E-state index in [1.54, 1.807) is 6.92 Å². The second-order valence-corrected chi connectivity index (χ2v) is 12.6. The number of ketones is 2. The van der Waals surface area contributed by atoms with Crippen molar-refractivity contribution in [2.24, 2.45) is 53.3 Å². The molecule has 0 bridgehead atoms. The van der Waals surface area contributed by atoms with Crippen LogP contribution in [0.5, 0.6) is 0 Å². The Morgan fingerprint density at radius 2 is 0.944 bits per heavy atom. The lowest BCUT2D eigenvalue weighted by molar-refractivity contribution is -0.170. The Hall–Kier alpha value is -1.72. The van der Waals surface area contributed by atoms with Gasteiger partial charge >= 0.3 is 11.9 Å². The third-order valence-corrected chi connectivity index (χ3v) is 8.89. The molecule has 36 heavy (non-hydrogen) atoms. The Bertz CT molecular complexity index is 722. The van der Waals surface area contributed by atoms with Crippen LogP contribution in [-0.2, 0) is 28.7 Å². The Kier molecular flexibility index (Phi) is 11.2. The first-order valence-corrected chi connectivity index (χ1v) is 14.2. The molecule has 0 aromatic heterocycles. The molecule has 2 fully saturated rings. The molecule has 0 aromatic carbocycles. The van der Waals surface area contributed by atoms with Gasteiger partial charge in [0.15, 0.2) is 0 Å². The van der Waals surface area contributed by atoms with Crippen molar-refractivity contribution >= 4 is 23.5 Å². The summed E-state index contributed by atoms with van der Waals surface area (Å²) in [6, 6.07) is 0. The highest BCUT2D eigenvalue weighted by Crippen LogP contribution is 2.38. The van der Waals surface area contributed by atoms with Crippen LogP contribution in [0.4, 0.5) is 0 Å². The summed E-state index contributed by atoms with van der Waals surface area (Å²) in [7, 11) is 0. The van der Waals surface area contributed by atoms with Crippen molar-refractivity contribution in [1.29, 1.82) is 0 Å². The van der Waals surface area contributed by atoms with E-state index in [0.717, 1.165) is 38.5 Å². The van der Waals surface area contributed by atoms with E-state index >= 15 is 0 Å². The van der Waals surface area contributed by atoms with Crippen LogP contribution in [0.15, 0.2) is 0 Å². The molecule has 6 nitrogen and oxygen atoms in total. The minimum absolute atomic E-state index is 0.239. The van der Waals surface area contributed by atoms with Gasteiger partial charge in [0.1, 0.15) is 35.6 Å². The van der Waals surface area contributed by atoms with E-state index in [-0.39, 0.29) is 35.6 Å². The molecular formula is C30H50O6. The number of hydrogen-bond donors (Lipinski definition) is 0. The molecule has 2 aliphatic rings. The van der Waals surface area contributed by atoms with Gasteiger partial charge in [0.2, 0.25) is 0 Å². The van der Waals surface area contributed by atoms with Crippen LogP contribution in [0, 0.1) is 53.3 Å². The maximum atomic E-state index is 13.4. The van der Waals surface area contributed by atoms with Crippen molar-refractivity contribution in [1.82, 2.24) is 0 Å². The maximum absolute atomic E-state index is 13.4. The van der Waals surface area contributed by atoms with Crippen LogP contribution >= 0.6 is 0 Å². The van der Waals surface area contributed by atoms with Crippen LogP contribution in [0.1, 0.15) is 101 Å². The second-order valence-electron chi connectivity index (χ2n) is 12.6. The van der Waals surface area contributed by atoms with E-state index < -0.39 is 29.7 Å². The van der Waals surface area contributed by atoms with Gasteiger partial charge < -0.3 is 9.47 Å². The monoisotopic (exact) mass is 506 g/mol. The first-order chi connectivity index (χ1) is 16.7. The molecule has 0 amide bonds. The standard InChI is InChI=1S/C30H50O6/c1-16(2)23-12-10-18(5)14-25(23)35-29(33)27(21(8)31)20(7)28(22(9)32)30(34)36-26-15-19(6)11-13-24(26)17(3)4/h16-20,23-28H,10-15H2,1-9H3/t18-,19+,20?,23-,24-,25-,26-,27+,28+/m1/s1. The SMILES string of the molecule is CC(=O)[C@@H](C(=O)O[C@@H]1C[C@H](C)CC[C@@H]1C(C)C)C(C)[C@@H](C(C)=O)C(=O)O[C@@H]1C[C@@H](C)CC[C@@H]1C(C)C. The summed E-state index contributed by atoms with van der Waals surface area (Å²) in [5.74, 6) is -3.13. The number of Topliss-reactive ketones (excluding diaryl/α,β-unsaturated/α-hetero) is 2. The molecule has 0 aliphatic heterocycles. The first-order valence-electron chi connectivity index (χ1n) is 14.2. The summed E-state index contributed by atoms with van der Waals surface area (Å²) in [6.45, 7) is 17.1. The average Bonchev–Trinajstić information content (AvgIpc) is 2.72. The maximum Gasteiger partial charge on any atom is 0.317 e. The summed E-state index contributed by atoms with van der Waals surface area (Å²) in [4.78, 5) is 52.2. The third-order valence-electron chi connectivity index (χ3n) is 8.89. The van der Waals surface area contributed by atoms with E-state index in [9.17, 15) is 19.2 Å². The summed E-state index contributed by atoms with van der Waals surface area (Å²) in [6.07, 6.45) is 5.18. The lowest BCUT2D eigenvalue weighted by Gasteiger charge is -2.38. The minimum atomic E-state index is -1.18. The molecule has 6 heteroatoms. The number of hydrogen-bond acceptors (Lipinski definition) is 6. The zero-order chi connectivity index (χ0) is 27.3. The molecule has 206 valence electrons. The molecule has 2 aliphatic carbocycles. The normalized spacial score (nSPS) is 31.4. The highest BCUT2D eigenvalue weighted by Gasteiger charge is 2.45. The zero-order valence-corrected chi connectivity index (χ0v) is 24.0. The molecule has 0 N–H and O–H groups in total. The van der Waals surface area contributed by atoms with Crippen LogP contribution in [-0.4, -0.2) is 35.7 Å². The van der Waals surface area contributed by atoms with E-state index in [2.05, 4.69) is 41.5 Å². The predicted molar refractivity (Wildman–Crippen MR) is 140 cm³/mol. The number of rotatable bonds is 10. The minimum Gasteiger partial charge on any atom is -0.462 e. The topological polar surface area (TPSA) is 86.7 Å². The quantitative estimate of drug-likeness (QED) is 0.265. The van der Waals surface area contributed by atoms with Gasteiger partial charge in [0.05, 0.1) is 0 Å². The van der Waals surface area contributed by atoms with Crippen molar-refractivity contribution in [2.75, 3.05) is 0 Å². The molecule has 0 saturated heterocycles. The van der Waals surface area contributed by atoms with Gasteiger partial charge in [-0.25, -0.2) is 0 Å². The average molecular weight is 507 g/mol. The first kappa shape index (κ1) is 30.5. The smallest absolute Gasteiger partial charge is 0.317 e. The molecule has 2 saturated carbocycles. The van der Waals surface area contributed by atoms with Gasteiger partial charge in [-0.1, -0.05) is 61.3 Å². The molecular weight excluding hydrogens is 456 g/mol. The Morgan fingerprint density at radius 3 is 1.22 bits per heavy atom. The van der Waals surface area contributed by atoms with E-state index in [0.29, 0.717) is 23.7 Å². The molecule has 2 rings (SSSR count). The summed E-state index contributed by atoms with van der Waals surface area (Å²) in [5.41, 5.74) is 0. The van der Waals surface area contributed by atoms with Gasteiger partial charge in [-0.2, -0.15) is 0 Å². The van der Waals surface area contributed by atoms with Gasteiger partial charge in [-0.15, -0.1) is 0 Å². The van der Waals surface area contributed by atoms with Crippen LogP contribution < -0.4 is 0 Å². The van der Waals surface area contributed by atoms with Gasteiger partial charge in [-0.05, 0) is 81.0 Å². The fourth-order valence-electron chi connectivity index (χ4n) is 6.64. The van der Waals surface area contributed by atoms with Gasteiger partial charge in [-0.3, -0.25) is 19.2 Å². The number of esters is 2. The summed E-state index contributed by atoms with van der Waals surface area (Å²) in [5, 5.41) is 0. The van der Waals surface area contributed by atoms with Crippen molar-refractivity contribution in [3.63, 3.8) is 0 Å². The number of carbonyl (C=O) groups excluding carboxylic acids is 4. The highest BCUT2D eigenvalue weighted by molar-refractivity contribution is 6.02. The van der Waals surface area contributed by atoms with E-state index in [4.69, 9.17) is 9.47 Å². The molecule has 0 heterocycles. The third kappa shape index (κ3) is 7.64. The molecule has 0 radical (unpaired) electrons. The molecule has 1 unspecified atom stereocenters. The Labute approximate surface area is 218 Å².